The van der Waals surface area contributed by atoms with Gasteiger partial charge in [0.15, 0.2) is 0 Å². The maximum absolute atomic E-state index is 13.2. The Morgan fingerprint density at radius 2 is 1.47 bits per heavy atom. The standard InChI is InChI=1S/C23H39ClN2O3S/c1-4-6-7-8-9-10-11-12-13-14-20(3)26(23(27)25-19-5-2)30(28,29)22-17-15-21(24)16-18-22/h15-18,20H,4-14,19H2,1-3H3,(H,25,27). The van der Waals surface area contributed by atoms with Crippen LogP contribution in [-0.2, 0) is 10.0 Å². The number of unbranched alkanes of at least 4 members (excludes halogenated alkanes) is 8. The van der Waals surface area contributed by atoms with Crippen molar-refractivity contribution in [3.05, 3.63) is 29.3 Å². The number of nitrogens with one attached hydrogen (secondary N) is 1. The van der Waals surface area contributed by atoms with Crippen LogP contribution in [0.25, 0.3) is 0 Å². The van der Waals surface area contributed by atoms with Gasteiger partial charge in [-0.15, -0.1) is 0 Å². The van der Waals surface area contributed by atoms with Gasteiger partial charge in [-0.1, -0.05) is 83.2 Å². The summed E-state index contributed by atoms with van der Waals surface area (Å²) in [6.45, 7) is 6.41. The molecule has 0 aliphatic heterocycles. The van der Waals surface area contributed by atoms with Crippen LogP contribution < -0.4 is 5.32 Å². The van der Waals surface area contributed by atoms with Crippen molar-refractivity contribution in [1.82, 2.24) is 9.62 Å². The monoisotopic (exact) mass is 458 g/mol. The molecule has 0 bridgehead atoms. The highest BCUT2D eigenvalue weighted by molar-refractivity contribution is 7.89. The molecule has 1 atom stereocenters. The lowest BCUT2D eigenvalue weighted by molar-refractivity contribution is 0.211. The highest BCUT2D eigenvalue weighted by Gasteiger charge is 2.33. The van der Waals surface area contributed by atoms with E-state index in [4.69, 9.17) is 11.6 Å². The summed E-state index contributed by atoms with van der Waals surface area (Å²) in [4.78, 5) is 12.8. The zero-order valence-electron chi connectivity index (χ0n) is 18.8. The van der Waals surface area contributed by atoms with Crippen molar-refractivity contribution >= 4 is 27.7 Å². The van der Waals surface area contributed by atoms with Crippen LogP contribution >= 0.6 is 11.6 Å². The molecule has 30 heavy (non-hydrogen) atoms. The van der Waals surface area contributed by atoms with Gasteiger partial charge < -0.3 is 5.32 Å². The molecule has 5 nitrogen and oxygen atoms in total. The first-order valence-electron chi connectivity index (χ1n) is 11.4. The van der Waals surface area contributed by atoms with Crippen molar-refractivity contribution in [3.8, 4) is 0 Å². The van der Waals surface area contributed by atoms with Gasteiger partial charge in [-0.05, 0) is 44.0 Å². The van der Waals surface area contributed by atoms with E-state index in [0.29, 0.717) is 18.0 Å². The first kappa shape index (κ1) is 26.8. The number of hydrogen-bond acceptors (Lipinski definition) is 3. The number of halogens is 1. The van der Waals surface area contributed by atoms with Gasteiger partial charge in [0.05, 0.1) is 4.90 Å². The molecule has 1 N–H and O–H groups in total. The third-order valence-corrected chi connectivity index (χ3v) is 7.39. The summed E-state index contributed by atoms with van der Waals surface area (Å²) in [6, 6.07) is 4.98. The van der Waals surface area contributed by atoms with Gasteiger partial charge in [0.1, 0.15) is 0 Å². The van der Waals surface area contributed by atoms with Gasteiger partial charge in [0, 0.05) is 17.6 Å². The molecule has 0 radical (unpaired) electrons. The van der Waals surface area contributed by atoms with Gasteiger partial charge in [0.2, 0.25) is 0 Å². The Labute approximate surface area is 188 Å². The molecule has 1 aromatic carbocycles. The van der Waals surface area contributed by atoms with Gasteiger partial charge >= 0.3 is 6.03 Å². The Morgan fingerprint density at radius 1 is 0.933 bits per heavy atom. The van der Waals surface area contributed by atoms with E-state index < -0.39 is 22.1 Å². The van der Waals surface area contributed by atoms with Crippen molar-refractivity contribution in [3.63, 3.8) is 0 Å². The molecule has 1 unspecified atom stereocenters. The van der Waals surface area contributed by atoms with E-state index in [1.54, 1.807) is 0 Å². The molecular formula is C23H39ClN2O3S. The van der Waals surface area contributed by atoms with Crippen LogP contribution in [0.3, 0.4) is 0 Å². The van der Waals surface area contributed by atoms with Crippen LogP contribution in [0.1, 0.15) is 91.4 Å². The minimum atomic E-state index is -3.94. The fourth-order valence-corrected chi connectivity index (χ4v) is 5.14. The lowest BCUT2D eigenvalue weighted by Crippen LogP contribution is -2.48. The van der Waals surface area contributed by atoms with Crippen molar-refractivity contribution < 1.29 is 13.2 Å². The largest absolute Gasteiger partial charge is 0.337 e. The van der Waals surface area contributed by atoms with Crippen molar-refractivity contribution in [2.45, 2.75) is 102 Å². The molecule has 1 aromatic rings. The lowest BCUT2D eigenvalue weighted by atomic mass is 10.0. The van der Waals surface area contributed by atoms with E-state index in [2.05, 4.69) is 12.2 Å². The lowest BCUT2D eigenvalue weighted by Gasteiger charge is -2.29. The van der Waals surface area contributed by atoms with Crippen molar-refractivity contribution in [2.24, 2.45) is 0 Å². The van der Waals surface area contributed by atoms with Gasteiger partial charge in [0.25, 0.3) is 10.0 Å². The van der Waals surface area contributed by atoms with Gasteiger partial charge in [-0.25, -0.2) is 17.5 Å². The second-order valence-electron chi connectivity index (χ2n) is 7.95. The van der Waals surface area contributed by atoms with Crippen LogP contribution in [0.4, 0.5) is 4.79 Å². The fraction of sp³-hybridized carbons (Fsp3) is 0.696. The molecule has 0 aliphatic carbocycles. The molecule has 1 rings (SSSR count). The van der Waals surface area contributed by atoms with Crippen LogP contribution in [-0.4, -0.2) is 31.3 Å². The van der Waals surface area contributed by atoms with Crippen LogP contribution in [0.15, 0.2) is 29.2 Å². The molecule has 0 saturated heterocycles. The topological polar surface area (TPSA) is 66.5 Å². The summed E-state index contributed by atoms with van der Waals surface area (Å²) in [5, 5.41) is 3.17. The average molecular weight is 459 g/mol. The van der Waals surface area contributed by atoms with Crippen molar-refractivity contribution in [2.75, 3.05) is 6.54 Å². The normalized spacial score (nSPS) is 12.5. The number of sulfonamides is 1. The molecule has 0 heterocycles. The summed E-state index contributed by atoms with van der Waals surface area (Å²) in [5.74, 6) is 0. The zero-order chi connectivity index (χ0) is 22.4. The molecule has 0 aliphatic rings. The van der Waals surface area contributed by atoms with Crippen LogP contribution in [0.5, 0.6) is 0 Å². The van der Waals surface area contributed by atoms with E-state index in [0.717, 1.165) is 30.0 Å². The van der Waals surface area contributed by atoms with Gasteiger partial charge in [-0.3, -0.25) is 0 Å². The highest BCUT2D eigenvalue weighted by atomic mass is 35.5. The van der Waals surface area contributed by atoms with Gasteiger partial charge in [-0.2, -0.15) is 0 Å². The third-order valence-electron chi connectivity index (χ3n) is 5.22. The number of amides is 2. The molecule has 172 valence electrons. The summed E-state index contributed by atoms with van der Waals surface area (Å²) in [5.41, 5.74) is 0. The van der Waals surface area contributed by atoms with E-state index >= 15 is 0 Å². The number of hydrogen-bond donors (Lipinski definition) is 1. The fourth-order valence-electron chi connectivity index (χ4n) is 3.44. The summed E-state index contributed by atoms with van der Waals surface area (Å²) >= 11 is 5.89. The summed E-state index contributed by atoms with van der Waals surface area (Å²) < 4.78 is 27.4. The molecule has 0 saturated carbocycles. The predicted octanol–water partition coefficient (Wildman–Crippen LogP) is 6.76. The Hall–Kier alpha value is -1.27. The maximum atomic E-state index is 13.2. The Kier molecular flexibility index (Phi) is 13.1. The number of carbonyl (C=O) groups excluding carboxylic acids is 1. The number of urea groups is 1. The van der Waals surface area contributed by atoms with E-state index in [-0.39, 0.29) is 4.90 Å². The molecule has 0 fully saturated rings. The first-order valence-corrected chi connectivity index (χ1v) is 13.2. The first-order chi connectivity index (χ1) is 14.3. The smallest absolute Gasteiger partial charge is 0.331 e. The molecule has 2 amide bonds. The summed E-state index contributed by atoms with van der Waals surface area (Å²) in [7, 11) is -3.94. The minimum Gasteiger partial charge on any atom is -0.337 e. The SMILES string of the molecule is CCCCCCCCCCCC(C)N(C(=O)NCCC)S(=O)(=O)c1ccc(Cl)cc1. The maximum Gasteiger partial charge on any atom is 0.331 e. The summed E-state index contributed by atoms with van der Waals surface area (Å²) in [6.07, 6.45) is 12.2. The Balaban J connectivity index is 2.67. The van der Waals surface area contributed by atoms with E-state index in [1.807, 2.05) is 13.8 Å². The minimum absolute atomic E-state index is 0.0810. The van der Waals surface area contributed by atoms with E-state index in [9.17, 15) is 13.2 Å². The van der Waals surface area contributed by atoms with Crippen molar-refractivity contribution in [1.29, 1.82) is 0 Å². The number of carbonyl (C=O) groups is 1. The molecule has 7 heteroatoms. The Bertz CT molecular complexity index is 708. The average Bonchev–Trinajstić information content (AvgIpc) is 2.71. The molecular weight excluding hydrogens is 420 g/mol. The van der Waals surface area contributed by atoms with Crippen LogP contribution in [0.2, 0.25) is 5.02 Å². The Morgan fingerprint density at radius 3 is 2.00 bits per heavy atom. The third kappa shape index (κ3) is 9.25. The second kappa shape index (κ2) is 14.7. The number of rotatable bonds is 15. The zero-order valence-corrected chi connectivity index (χ0v) is 20.4. The molecule has 0 spiro atoms. The number of benzene rings is 1. The quantitative estimate of drug-likeness (QED) is 0.295. The van der Waals surface area contributed by atoms with E-state index in [1.165, 1.54) is 62.8 Å². The number of nitrogens with zero attached hydrogens (tertiary/aromatic N) is 1. The molecule has 0 aromatic heterocycles. The predicted molar refractivity (Wildman–Crippen MR) is 125 cm³/mol. The second-order valence-corrected chi connectivity index (χ2v) is 10.2. The van der Waals surface area contributed by atoms with Crippen LogP contribution in [0, 0.1) is 0 Å². The highest BCUT2D eigenvalue weighted by Crippen LogP contribution is 2.23.